The number of sulfonamides is 1. The zero-order valence-electron chi connectivity index (χ0n) is 18.3. The largest absolute Gasteiger partial charge is 0.243 e. The Kier molecular flexibility index (Phi) is 5.21. The number of hydrogen-bond acceptors (Lipinski definition) is 2. The van der Waals surface area contributed by atoms with Gasteiger partial charge in [0.05, 0.1) is 4.90 Å². The van der Waals surface area contributed by atoms with Crippen molar-refractivity contribution in [3.63, 3.8) is 0 Å². The monoisotopic (exact) mass is 401 g/mol. The van der Waals surface area contributed by atoms with Crippen LogP contribution in [0.4, 0.5) is 0 Å². The molecule has 0 bridgehead atoms. The van der Waals surface area contributed by atoms with Crippen molar-refractivity contribution in [1.82, 2.24) is 4.31 Å². The van der Waals surface area contributed by atoms with Gasteiger partial charge in [-0.05, 0) is 62.5 Å². The first-order valence-electron chi connectivity index (χ1n) is 10.3. The molecule has 4 heteroatoms. The molecular weight excluding hydrogens is 366 g/mol. The van der Waals surface area contributed by atoms with E-state index in [4.69, 9.17) is 0 Å². The van der Waals surface area contributed by atoms with Crippen molar-refractivity contribution in [2.45, 2.75) is 71.7 Å². The van der Waals surface area contributed by atoms with Gasteiger partial charge in [-0.25, -0.2) is 8.42 Å². The Balaban J connectivity index is 2.11. The van der Waals surface area contributed by atoms with Crippen LogP contribution in [0.15, 0.2) is 41.8 Å². The van der Waals surface area contributed by atoms with E-state index in [0.717, 1.165) is 41.5 Å². The summed E-state index contributed by atoms with van der Waals surface area (Å²) in [5.41, 5.74) is 3.78. The van der Waals surface area contributed by atoms with Crippen molar-refractivity contribution < 1.29 is 8.42 Å². The molecule has 1 saturated carbocycles. The molecule has 3 rings (SSSR count). The molecule has 1 saturated heterocycles. The molecule has 2 fully saturated rings. The molecule has 1 aliphatic carbocycles. The van der Waals surface area contributed by atoms with E-state index >= 15 is 0 Å². The fourth-order valence-electron chi connectivity index (χ4n) is 5.84. The molecule has 3 atom stereocenters. The minimum absolute atomic E-state index is 0.0216. The fourth-order valence-corrected chi connectivity index (χ4v) is 8.06. The first kappa shape index (κ1) is 21.3. The van der Waals surface area contributed by atoms with E-state index < -0.39 is 10.0 Å². The van der Waals surface area contributed by atoms with Gasteiger partial charge < -0.3 is 0 Å². The maximum atomic E-state index is 13.9. The lowest BCUT2D eigenvalue weighted by Gasteiger charge is -2.34. The van der Waals surface area contributed by atoms with Crippen LogP contribution >= 0.6 is 0 Å². The molecule has 0 spiro atoms. The Labute approximate surface area is 171 Å². The molecule has 0 aromatic heterocycles. The Bertz CT molecular complexity index is 907. The minimum Gasteiger partial charge on any atom is -0.207 e. The summed E-state index contributed by atoms with van der Waals surface area (Å²) >= 11 is 0. The van der Waals surface area contributed by atoms with Gasteiger partial charge in [-0.15, -0.1) is 6.58 Å². The number of nitrogens with zero attached hydrogens (tertiary/aromatic N) is 1. The van der Waals surface area contributed by atoms with Gasteiger partial charge in [0.25, 0.3) is 0 Å². The van der Waals surface area contributed by atoms with Crippen LogP contribution in [0.25, 0.3) is 0 Å². The van der Waals surface area contributed by atoms with Gasteiger partial charge in [-0.2, -0.15) is 4.31 Å². The summed E-state index contributed by atoms with van der Waals surface area (Å²) in [5, 5.41) is 0. The average Bonchev–Trinajstić information content (AvgIpc) is 3.08. The third-order valence-corrected chi connectivity index (χ3v) is 9.09. The maximum absolute atomic E-state index is 13.9. The van der Waals surface area contributed by atoms with Crippen LogP contribution in [0.1, 0.15) is 56.7 Å². The van der Waals surface area contributed by atoms with Gasteiger partial charge in [0.1, 0.15) is 0 Å². The highest BCUT2D eigenvalue weighted by molar-refractivity contribution is 7.89. The predicted molar refractivity (Wildman–Crippen MR) is 117 cm³/mol. The highest BCUT2D eigenvalue weighted by Crippen LogP contribution is 2.76. The highest BCUT2D eigenvalue weighted by Gasteiger charge is 2.75. The van der Waals surface area contributed by atoms with Crippen LogP contribution in [0, 0.1) is 37.5 Å². The zero-order valence-corrected chi connectivity index (χ0v) is 19.1. The quantitative estimate of drug-likeness (QED) is 0.561. The molecule has 1 heterocycles. The standard InChI is InChI=1S/C24H35NO2S/c1-9-10-20(7)24-14-23(24,8)15-25(21(24)11-16(2)3)28(26,27)22-18(5)12-17(4)13-19(22)6/h9,12-13,16,21H,1,7,10-11,14-15H2,2-6,8H3/t21-,23-,24-/m0/s1. The van der Waals surface area contributed by atoms with Crippen molar-refractivity contribution in [1.29, 1.82) is 0 Å². The summed E-state index contributed by atoms with van der Waals surface area (Å²) in [4.78, 5) is 0.487. The number of hydrogen-bond donors (Lipinski definition) is 0. The van der Waals surface area contributed by atoms with Crippen LogP contribution in [0.5, 0.6) is 0 Å². The van der Waals surface area contributed by atoms with Gasteiger partial charge in [0.15, 0.2) is 0 Å². The number of benzene rings is 1. The normalized spacial score (nSPS) is 29.8. The number of rotatable bonds is 7. The summed E-state index contributed by atoms with van der Waals surface area (Å²) < 4.78 is 29.6. The minimum atomic E-state index is -3.57. The van der Waals surface area contributed by atoms with Crippen LogP contribution in [0.3, 0.4) is 0 Å². The van der Waals surface area contributed by atoms with Gasteiger partial charge >= 0.3 is 0 Å². The first-order valence-corrected chi connectivity index (χ1v) is 11.7. The smallest absolute Gasteiger partial charge is 0.207 e. The van der Waals surface area contributed by atoms with Gasteiger partial charge in [0, 0.05) is 18.0 Å². The highest BCUT2D eigenvalue weighted by atomic mass is 32.2. The molecule has 3 nitrogen and oxygen atoms in total. The second kappa shape index (κ2) is 6.84. The third kappa shape index (κ3) is 3.00. The molecule has 2 aliphatic rings. The van der Waals surface area contributed by atoms with Crippen molar-refractivity contribution in [2.24, 2.45) is 16.7 Å². The zero-order chi connectivity index (χ0) is 21.1. The Morgan fingerprint density at radius 3 is 2.36 bits per heavy atom. The summed E-state index contributed by atoms with van der Waals surface area (Å²) in [7, 11) is -3.57. The number of aryl methyl sites for hydroxylation is 3. The molecule has 28 heavy (non-hydrogen) atoms. The molecule has 0 radical (unpaired) electrons. The summed E-state index contributed by atoms with van der Waals surface area (Å²) in [6.07, 6.45) is 4.53. The van der Waals surface area contributed by atoms with Crippen molar-refractivity contribution in [3.8, 4) is 0 Å². The average molecular weight is 402 g/mol. The maximum Gasteiger partial charge on any atom is 0.243 e. The lowest BCUT2D eigenvalue weighted by atomic mass is 9.80. The topological polar surface area (TPSA) is 37.4 Å². The molecule has 1 aromatic rings. The first-order chi connectivity index (χ1) is 12.9. The van der Waals surface area contributed by atoms with Crippen molar-refractivity contribution >= 4 is 10.0 Å². The molecule has 0 amide bonds. The van der Waals surface area contributed by atoms with E-state index in [-0.39, 0.29) is 16.9 Å². The molecule has 1 aliphatic heterocycles. The van der Waals surface area contributed by atoms with Crippen molar-refractivity contribution in [2.75, 3.05) is 6.54 Å². The lowest BCUT2D eigenvalue weighted by Crippen LogP contribution is -2.43. The van der Waals surface area contributed by atoms with E-state index in [9.17, 15) is 8.42 Å². The summed E-state index contributed by atoms with van der Waals surface area (Å²) in [5.74, 6) is 0.416. The Morgan fingerprint density at radius 2 is 1.86 bits per heavy atom. The summed E-state index contributed by atoms with van der Waals surface area (Å²) in [6, 6.07) is 3.92. The Hall–Kier alpha value is -1.39. The molecule has 154 valence electrons. The van der Waals surface area contributed by atoms with Crippen LogP contribution in [0.2, 0.25) is 0 Å². The van der Waals surface area contributed by atoms with E-state index in [0.29, 0.717) is 17.4 Å². The number of allylic oxidation sites excluding steroid dienone is 1. The Morgan fingerprint density at radius 1 is 1.29 bits per heavy atom. The number of piperidine rings is 1. The van der Waals surface area contributed by atoms with Crippen LogP contribution in [-0.2, 0) is 10.0 Å². The molecule has 1 aromatic carbocycles. The van der Waals surface area contributed by atoms with E-state index in [1.165, 1.54) is 0 Å². The van der Waals surface area contributed by atoms with E-state index in [1.807, 2.05) is 43.3 Å². The van der Waals surface area contributed by atoms with Gasteiger partial charge in [-0.1, -0.05) is 56.7 Å². The fraction of sp³-hybridized carbons (Fsp3) is 0.583. The second-order valence-electron chi connectivity index (χ2n) is 9.73. The predicted octanol–water partition coefficient (Wildman–Crippen LogP) is 5.56. The molecule has 0 unspecified atom stereocenters. The van der Waals surface area contributed by atoms with Crippen LogP contribution < -0.4 is 0 Å². The van der Waals surface area contributed by atoms with Gasteiger partial charge in [-0.3, -0.25) is 0 Å². The summed E-state index contributed by atoms with van der Waals surface area (Å²) in [6.45, 7) is 21.3. The van der Waals surface area contributed by atoms with Crippen molar-refractivity contribution in [3.05, 3.63) is 53.6 Å². The third-order valence-electron chi connectivity index (χ3n) is 6.93. The molecular formula is C24H35NO2S. The molecule has 0 N–H and O–H groups in total. The van der Waals surface area contributed by atoms with E-state index in [1.54, 1.807) is 0 Å². The number of fused-ring (bicyclic) bond motifs is 1. The lowest BCUT2D eigenvalue weighted by molar-refractivity contribution is 0.262. The SMILES string of the molecule is C=CCC(=C)[C@]12C[C@@]1(C)CN(S(=O)(=O)c1c(C)cc(C)cc1C)[C@H]2CC(C)C. The van der Waals surface area contributed by atoms with E-state index in [2.05, 4.69) is 33.9 Å². The second-order valence-corrected chi connectivity index (χ2v) is 11.6. The van der Waals surface area contributed by atoms with Crippen LogP contribution in [-0.4, -0.2) is 25.3 Å². The van der Waals surface area contributed by atoms with Gasteiger partial charge in [0.2, 0.25) is 10.0 Å².